The minimum absolute atomic E-state index is 0.114. The van der Waals surface area contributed by atoms with Gasteiger partial charge in [-0.25, -0.2) is 0 Å². The molecule has 1 unspecified atom stereocenters. The summed E-state index contributed by atoms with van der Waals surface area (Å²) in [5.74, 6) is -3.53. The maximum atomic E-state index is 10.4. The van der Waals surface area contributed by atoms with Crippen LogP contribution in [0, 0.1) is 0 Å². The van der Waals surface area contributed by atoms with Crippen molar-refractivity contribution in [2.45, 2.75) is 24.9 Å². The van der Waals surface area contributed by atoms with E-state index in [4.69, 9.17) is 31.9 Å². The van der Waals surface area contributed by atoms with E-state index in [0.717, 1.165) is 0 Å². The van der Waals surface area contributed by atoms with Gasteiger partial charge < -0.3 is 37.6 Å². The number of primary amides is 1. The normalized spacial score (nSPS) is 12.4. The zero-order chi connectivity index (χ0) is 18.2. The molecule has 1 rings (SSSR count). The topological polar surface area (TPSA) is 210 Å². The Hall–Kier alpha value is -2.85. The van der Waals surface area contributed by atoms with Crippen LogP contribution in [-0.2, 0) is 20.8 Å². The van der Waals surface area contributed by atoms with Gasteiger partial charge >= 0.3 is 11.9 Å². The number of carbonyl (C=O) groups excluding carboxylic acids is 1. The number of benzene rings is 1. The number of phenolic OH excluding ortho intramolecular Hbond substituents is 2. The van der Waals surface area contributed by atoms with Gasteiger partial charge in [0.05, 0.1) is 6.42 Å². The molecule has 0 saturated carbocycles. The molecule has 10 nitrogen and oxygen atoms in total. The van der Waals surface area contributed by atoms with Crippen LogP contribution in [0.5, 0.6) is 11.5 Å². The van der Waals surface area contributed by atoms with Crippen molar-refractivity contribution >= 4 is 17.8 Å². The van der Waals surface area contributed by atoms with Gasteiger partial charge in [0.25, 0.3) is 0 Å². The number of carboxylic acid groups (broad SMARTS) is 2. The Bertz CT molecular complexity index is 577. The molecule has 10 heteroatoms. The molecule has 0 aromatic heterocycles. The molecule has 0 aliphatic heterocycles. The van der Waals surface area contributed by atoms with Gasteiger partial charge in [-0.15, -0.1) is 0 Å². The first-order valence-corrected chi connectivity index (χ1v) is 6.30. The lowest BCUT2D eigenvalue weighted by Crippen LogP contribution is -2.34. The van der Waals surface area contributed by atoms with E-state index in [0.29, 0.717) is 5.56 Å². The van der Waals surface area contributed by atoms with E-state index in [1.165, 1.54) is 18.2 Å². The largest absolute Gasteiger partial charge is 0.504 e. The molecule has 10 N–H and O–H groups in total. The van der Waals surface area contributed by atoms with Crippen molar-refractivity contribution in [3.8, 4) is 11.5 Å². The molecule has 0 bridgehead atoms. The predicted octanol–water partition coefficient (Wildman–Crippen LogP) is -1.67. The molecule has 0 aliphatic rings. The Morgan fingerprint density at radius 2 is 1.48 bits per heavy atom. The van der Waals surface area contributed by atoms with E-state index in [-0.39, 0.29) is 24.3 Å². The lowest BCUT2D eigenvalue weighted by atomic mass is 10.1. The third kappa shape index (κ3) is 8.24. The zero-order valence-electron chi connectivity index (χ0n) is 12.0. The summed E-state index contributed by atoms with van der Waals surface area (Å²) < 4.78 is 0. The third-order valence-corrected chi connectivity index (χ3v) is 2.55. The molecule has 0 heterocycles. The predicted molar refractivity (Wildman–Crippen MR) is 78.5 cm³/mol. The fourth-order valence-corrected chi connectivity index (χ4v) is 1.34. The summed E-state index contributed by atoms with van der Waals surface area (Å²) >= 11 is 0. The Balaban J connectivity index is 0.000000468. The van der Waals surface area contributed by atoms with Crippen LogP contribution in [0.2, 0.25) is 0 Å². The number of hydrogen-bond donors (Lipinski definition) is 7. The molecule has 0 spiro atoms. The number of rotatable bonds is 6. The number of aromatic hydroxyl groups is 2. The molecule has 1 aromatic carbocycles. The highest BCUT2D eigenvalue weighted by atomic mass is 16.4. The van der Waals surface area contributed by atoms with Gasteiger partial charge in [0.15, 0.2) is 11.5 Å². The van der Waals surface area contributed by atoms with Crippen molar-refractivity contribution < 1.29 is 34.8 Å². The Morgan fingerprint density at radius 1 is 0.957 bits per heavy atom. The van der Waals surface area contributed by atoms with Gasteiger partial charge in [-0.1, -0.05) is 6.07 Å². The second-order valence-corrected chi connectivity index (χ2v) is 4.59. The minimum Gasteiger partial charge on any atom is -0.504 e. The molecule has 1 amide bonds. The number of hydrogen-bond acceptors (Lipinski definition) is 7. The molecule has 0 saturated heterocycles. The molecule has 1 aromatic rings. The number of amides is 1. The van der Waals surface area contributed by atoms with Crippen LogP contribution in [0.4, 0.5) is 0 Å². The van der Waals surface area contributed by atoms with Crippen LogP contribution in [0.3, 0.4) is 0 Å². The number of phenols is 2. The summed E-state index contributed by atoms with van der Waals surface area (Å²) in [4.78, 5) is 30.3. The fraction of sp³-hybridized carbons (Fsp3) is 0.308. The van der Waals surface area contributed by atoms with Gasteiger partial charge in [-0.3, -0.25) is 14.4 Å². The van der Waals surface area contributed by atoms with E-state index < -0.39 is 29.9 Å². The van der Waals surface area contributed by atoms with E-state index >= 15 is 0 Å². The summed E-state index contributed by atoms with van der Waals surface area (Å²) in [6.07, 6.45) is -0.196. The second kappa shape index (κ2) is 9.23. The molecule has 0 radical (unpaired) electrons. The average molecular weight is 329 g/mol. The summed E-state index contributed by atoms with van der Waals surface area (Å²) in [5.41, 5.74) is 15.4. The van der Waals surface area contributed by atoms with Gasteiger partial charge in [-0.05, 0) is 24.1 Å². The van der Waals surface area contributed by atoms with Crippen LogP contribution in [0.15, 0.2) is 18.2 Å². The summed E-state index contributed by atoms with van der Waals surface area (Å²) in [7, 11) is 0. The van der Waals surface area contributed by atoms with Gasteiger partial charge in [0, 0.05) is 0 Å². The number of nitrogens with two attached hydrogens (primary N) is 3. The Kier molecular flexibility index (Phi) is 8.08. The van der Waals surface area contributed by atoms with Crippen molar-refractivity contribution in [2.75, 3.05) is 0 Å². The number of aliphatic carboxylic acids is 2. The van der Waals surface area contributed by atoms with E-state index in [9.17, 15) is 14.4 Å². The van der Waals surface area contributed by atoms with Crippen molar-refractivity contribution in [1.29, 1.82) is 0 Å². The monoisotopic (exact) mass is 329 g/mol. The van der Waals surface area contributed by atoms with Crippen LogP contribution in [0.1, 0.15) is 12.0 Å². The summed E-state index contributed by atoms with van der Waals surface area (Å²) in [6.45, 7) is 0. The molecular formula is C13H19N3O7. The number of carboxylic acids is 2. The van der Waals surface area contributed by atoms with Crippen LogP contribution in [-0.4, -0.2) is 50.4 Å². The lowest BCUT2D eigenvalue weighted by molar-refractivity contribution is -0.140. The first kappa shape index (κ1) is 20.1. The van der Waals surface area contributed by atoms with Gasteiger partial charge in [0.2, 0.25) is 5.91 Å². The van der Waals surface area contributed by atoms with Crippen LogP contribution >= 0.6 is 0 Å². The average Bonchev–Trinajstić information content (AvgIpc) is 2.42. The molecular weight excluding hydrogens is 310 g/mol. The van der Waals surface area contributed by atoms with E-state index in [2.05, 4.69) is 5.73 Å². The highest BCUT2D eigenvalue weighted by molar-refractivity contribution is 5.83. The second-order valence-electron chi connectivity index (χ2n) is 4.59. The zero-order valence-corrected chi connectivity index (χ0v) is 12.0. The highest BCUT2D eigenvalue weighted by Crippen LogP contribution is 2.25. The molecule has 128 valence electrons. The smallest absolute Gasteiger partial charge is 0.321 e. The molecule has 0 fully saturated rings. The van der Waals surface area contributed by atoms with Crippen molar-refractivity contribution in [1.82, 2.24) is 0 Å². The number of carbonyl (C=O) groups is 3. The molecule has 0 aliphatic carbocycles. The van der Waals surface area contributed by atoms with Crippen LogP contribution in [0.25, 0.3) is 0 Å². The fourth-order valence-electron chi connectivity index (χ4n) is 1.34. The molecule has 2 atom stereocenters. The standard InChI is InChI=1S/C9H11NO4.C4H8N2O3/c10-6(9(13)14)3-5-1-2-7(11)8(12)4-5;5-2(4(8)9)1-3(6)7/h1-2,4,6,11-12H,3,10H2,(H,13,14);2H,1,5H2,(H2,6,7)(H,8,9)/t6-;/m0./s1. The first-order chi connectivity index (χ1) is 10.5. The minimum atomic E-state index is -1.21. The maximum Gasteiger partial charge on any atom is 0.321 e. The Morgan fingerprint density at radius 3 is 1.83 bits per heavy atom. The lowest BCUT2D eigenvalue weighted by Gasteiger charge is -2.06. The quantitative estimate of drug-likeness (QED) is 0.297. The van der Waals surface area contributed by atoms with Gasteiger partial charge in [0.1, 0.15) is 12.1 Å². The van der Waals surface area contributed by atoms with Crippen LogP contribution < -0.4 is 17.2 Å². The van der Waals surface area contributed by atoms with Crippen molar-refractivity contribution in [2.24, 2.45) is 17.2 Å². The van der Waals surface area contributed by atoms with Crippen molar-refractivity contribution in [3.63, 3.8) is 0 Å². The van der Waals surface area contributed by atoms with E-state index in [1.807, 2.05) is 0 Å². The van der Waals surface area contributed by atoms with Gasteiger partial charge in [-0.2, -0.15) is 0 Å². The summed E-state index contributed by atoms with van der Waals surface area (Å²) in [5, 5.41) is 34.7. The SMILES string of the molecule is NC(=O)CC(N)C(=O)O.N[C@@H](Cc1ccc(O)c(O)c1)C(=O)O. The molecule has 23 heavy (non-hydrogen) atoms. The first-order valence-electron chi connectivity index (χ1n) is 6.30. The summed E-state index contributed by atoms with van der Waals surface area (Å²) in [6, 6.07) is 1.93. The Labute approximate surface area is 131 Å². The maximum absolute atomic E-state index is 10.4. The highest BCUT2D eigenvalue weighted by Gasteiger charge is 2.13. The van der Waals surface area contributed by atoms with E-state index in [1.54, 1.807) is 0 Å². The third-order valence-electron chi connectivity index (χ3n) is 2.55. The van der Waals surface area contributed by atoms with Crippen molar-refractivity contribution in [3.05, 3.63) is 23.8 Å².